The predicted molar refractivity (Wildman–Crippen MR) is 83.4 cm³/mol. The lowest BCUT2D eigenvalue weighted by Gasteiger charge is -2.15. The van der Waals surface area contributed by atoms with Crippen LogP contribution in [-0.4, -0.2) is 40.4 Å². The number of hydrogen-bond donors (Lipinski definition) is 2. The van der Waals surface area contributed by atoms with Gasteiger partial charge in [-0.2, -0.15) is 10.2 Å². The number of anilines is 1. The van der Waals surface area contributed by atoms with Gasteiger partial charge in [0.05, 0.1) is 24.8 Å². The van der Waals surface area contributed by atoms with E-state index < -0.39 is 5.97 Å². The molecule has 1 atom stereocenters. The second-order valence-corrected chi connectivity index (χ2v) is 5.21. The number of ether oxygens (including phenoxy) is 2. The van der Waals surface area contributed by atoms with Crippen molar-refractivity contribution in [3.8, 4) is 23.3 Å². The molecule has 0 unspecified atom stereocenters. The van der Waals surface area contributed by atoms with Crippen LogP contribution in [0, 0.1) is 11.3 Å². The van der Waals surface area contributed by atoms with Crippen molar-refractivity contribution >= 4 is 11.8 Å². The number of hydrogen-bond acceptors (Lipinski definition) is 7. The first-order valence-electron chi connectivity index (χ1n) is 7.24. The van der Waals surface area contributed by atoms with Crippen molar-refractivity contribution in [2.75, 3.05) is 18.9 Å². The quantitative estimate of drug-likeness (QED) is 0.863. The van der Waals surface area contributed by atoms with Gasteiger partial charge in [0.25, 0.3) is 0 Å². The Morgan fingerprint density at radius 1 is 1.46 bits per heavy atom. The fourth-order valence-electron chi connectivity index (χ4n) is 2.36. The summed E-state index contributed by atoms with van der Waals surface area (Å²) in [5, 5.41) is 18.3. The average molecular weight is 326 g/mol. The van der Waals surface area contributed by atoms with Crippen LogP contribution in [0.5, 0.6) is 5.88 Å². The van der Waals surface area contributed by atoms with E-state index in [1.807, 2.05) is 6.07 Å². The van der Waals surface area contributed by atoms with Gasteiger partial charge in [0.2, 0.25) is 5.88 Å². The highest BCUT2D eigenvalue weighted by molar-refractivity contribution is 5.95. The number of rotatable bonds is 4. The van der Waals surface area contributed by atoms with Crippen LogP contribution in [0.3, 0.4) is 0 Å². The molecule has 2 heterocycles. The van der Waals surface area contributed by atoms with Crippen LogP contribution in [-0.2, 0) is 4.74 Å². The maximum Gasteiger partial charge on any atom is 0.345 e. The van der Waals surface area contributed by atoms with E-state index in [1.165, 1.54) is 0 Å². The fraction of sp³-hybridized carbons (Fsp3) is 0.250. The van der Waals surface area contributed by atoms with Gasteiger partial charge in [-0.05, 0) is 12.1 Å². The normalized spacial score (nSPS) is 16.5. The number of carboxylic acid groups (broad SMARTS) is 1. The highest BCUT2D eigenvalue weighted by atomic mass is 16.5. The molecule has 1 aromatic heterocycles. The van der Waals surface area contributed by atoms with Crippen molar-refractivity contribution in [1.29, 1.82) is 5.26 Å². The van der Waals surface area contributed by atoms with Gasteiger partial charge in [0.15, 0.2) is 11.4 Å². The van der Waals surface area contributed by atoms with Crippen molar-refractivity contribution in [2.24, 2.45) is 0 Å². The summed E-state index contributed by atoms with van der Waals surface area (Å²) >= 11 is 0. The summed E-state index contributed by atoms with van der Waals surface area (Å²) in [6, 6.07) is 8.66. The Hall–Kier alpha value is -3.18. The number of nitriles is 1. The number of benzene rings is 1. The minimum Gasteiger partial charge on any atom is -0.477 e. The lowest BCUT2D eigenvalue weighted by Crippen LogP contribution is -2.20. The first kappa shape index (κ1) is 15.7. The van der Waals surface area contributed by atoms with Gasteiger partial charge in [-0.15, -0.1) is 0 Å². The molecule has 2 aromatic rings. The Balaban J connectivity index is 2.06. The molecule has 1 fully saturated rings. The van der Waals surface area contributed by atoms with E-state index in [2.05, 4.69) is 9.97 Å². The molecule has 0 aliphatic carbocycles. The van der Waals surface area contributed by atoms with Crippen molar-refractivity contribution in [2.45, 2.75) is 12.5 Å². The number of nitrogens with two attached hydrogens (primary N) is 1. The molecular formula is C16H14N4O4. The molecular weight excluding hydrogens is 312 g/mol. The van der Waals surface area contributed by atoms with Gasteiger partial charge in [0, 0.05) is 12.0 Å². The summed E-state index contributed by atoms with van der Waals surface area (Å²) in [5.41, 5.74) is 6.50. The van der Waals surface area contributed by atoms with Gasteiger partial charge >= 0.3 is 5.97 Å². The highest BCUT2D eigenvalue weighted by Crippen LogP contribution is 2.28. The van der Waals surface area contributed by atoms with Crippen LogP contribution in [0.2, 0.25) is 0 Å². The van der Waals surface area contributed by atoms with Gasteiger partial charge in [0.1, 0.15) is 11.9 Å². The van der Waals surface area contributed by atoms with Gasteiger partial charge in [-0.1, -0.05) is 12.1 Å². The van der Waals surface area contributed by atoms with Crippen LogP contribution in [0.15, 0.2) is 24.3 Å². The number of aromatic carboxylic acids is 1. The molecule has 0 bridgehead atoms. The van der Waals surface area contributed by atoms with E-state index in [1.54, 1.807) is 24.3 Å². The molecule has 24 heavy (non-hydrogen) atoms. The molecule has 0 radical (unpaired) electrons. The summed E-state index contributed by atoms with van der Waals surface area (Å²) in [4.78, 5) is 19.7. The van der Waals surface area contributed by atoms with Crippen molar-refractivity contribution < 1.29 is 19.4 Å². The van der Waals surface area contributed by atoms with E-state index >= 15 is 0 Å². The van der Waals surface area contributed by atoms with Gasteiger partial charge in [-0.3, -0.25) is 0 Å². The molecule has 1 saturated heterocycles. The van der Waals surface area contributed by atoms with Gasteiger partial charge < -0.3 is 20.3 Å². The Labute approximate surface area is 137 Å². The minimum atomic E-state index is -1.27. The molecule has 1 aliphatic rings. The lowest BCUT2D eigenvalue weighted by atomic mass is 10.1. The summed E-state index contributed by atoms with van der Waals surface area (Å²) in [6.07, 6.45) is 0.359. The maximum atomic E-state index is 11.5. The predicted octanol–water partition coefficient (Wildman–Crippen LogP) is 1.46. The van der Waals surface area contributed by atoms with E-state index in [0.717, 1.165) is 0 Å². The molecule has 0 saturated carbocycles. The van der Waals surface area contributed by atoms with Crippen molar-refractivity contribution in [3.05, 3.63) is 35.4 Å². The number of carboxylic acids is 1. The summed E-state index contributed by atoms with van der Waals surface area (Å²) in [5.74, 6) is -1.35. The van der Waals surface area contributed by atoms with Gasteiger partial charge in [-0.25, -0.2) is 9.78 Å². The minimum absolute atomic E-state index is 0.0946. The molecule has 3 rings (SSSR count). The van der Waals surface area contributed by atoms with E-state index in [-0.39, 0.29) is 29.2 Å². The monoisotopic (exact) mass is 326 g/mol. The van der Waals surface area contributed by atoms with Crippen LogP contribution < -0.4 is 10.5 Å². The van der Waals surface area contributed by atoms with Crippen LogP contribution >= 0.6 is 0 Å². The van der Waals surface area contributed by atoms with Crippen LogP contribution in [0.1, 0.15) is 22.3 Å². The smallest absolute Gasteiger partial charge is 0.345 e. The molecule has 0 amide bonds. The summed E-state index contributed by atoms with van der Waals surface area (Å²) in [7, 11) is 0. The topological polar surface area (TPSA) is 131 Å². The zero-order valence-corrected chi connectivity index (χ0v) is 12.6. The summed E-state index contributed by atoms with van der Waals surface area (Å²) < 4.78 is 10.9. The van der Waals surface area contributed by atoms with Crippen molar-refractivity contribution in [3.63, 3.8) is 0 Å². The molecule has 3 N–H and O–H groups in total. The van der Waals surface area contributed by atoms with Crippen molar-refractivity contribution in [1.82, 2.24) is 9.97 Å². The fourth-order valence-corrected chi connectivity index (χ4v) is 2.36. The zero-order valence-electron chi connectivity index (χ0n) is 12.6. The molecule has 1 aliphatic heterocycles. The number of nitrogens with zero attached hydrogens (tertiary/aromatic N) is 3. The second-order valence-electron chi connectivity index (χ2n) is 5.21. The third-order valence-electron chi connectivity index (χ3n) is 3.53. The van der Waals surface area contributed by atoms with E-state index in [4.69, 9.17) is 20.5 Å². The van der Waals surface area contributed by atoms with Crippen LogP contribution in [0.4, 0.5) is 5.82 Å². The first-order chi connectivity index (χ1) is 11.6. The highest BCUT2D eigenvalue weighted by Gasteiger charge is 2.25. The lowest BCUT2D eigenvalue weighted by molar-refractivity contribution is 0.0686. The molecule has 8 heteroatoms. The van der Waals surface area contributed by atoms with Crippen LogP contribution in [0.25, 0.3) is 11.4 Å². The maximum absolute atomic E-state index is 11.5. The Morgan fingerprint density at radius 2 is 2.29 bits per heavy atom. The third-order valence-corrected chi connectivity index (χ3v) is 3.53. The first-order valence-corrected chi connectivity index (χ1v) is 7.24. The Kier molecular flexibility index (Phi) is 4.26. The molecule has 122 valence electrons. The summed E-state index contributed by atoms with van der Waals surface area (Å²) in [6.45, 7) is 0.910. The largest absolute Gasteiger partial charge is 0.477 e. The molecule has 0 spiro atoms. The van der Waals surface area contributed by atoms with E-state index in [9.17, 15) is 9.90 Å². The molecule has 1 aromatic carbocycles. The van der Waals surface area contributed by atoms with E-state index in [0.29, 0.717) is 30.8 Å². The number of carbonyl (C=O) groups is 1. The Bertz CT molecular complexity index is 825. The SMILES string of the molecule is N#Cc1cccc(-c2nc(N)c(C(=O)O)c(O[C@H]3CCOC3)n2)c1. The number of aromatic nitrogens is 2. The second kappa shape index (κ2) is 6.52. The number of nitrogen functional groups attached to an aromatic ring is 1. The standard InChI is InChI=1S/C16H14N4O4/c17-7-9-2-1-3-10(6-9)14-19-13(18)12(16(21)22)15(20-14)24-11-4-5-23-8-11/h1-3,6,11H,4-5,8H2,(H,21,22)(H2,18,19,20)/t11-/m0/s1. The Morgan fingerprint density at radius 3 is 2.96 bits per heavy atom. The molecule has 8 nitrogen and oxygen atoms in total. The average Bonchev–Trinajstić information content (AvgIpc) is 3.07. The zero-order chi connectivity index (χ0) is 17.1. The third kappa shape index (κ3) is 3.11.